The molecule has 5 nitrogen and oxygen atoms in total. The number of benzene rings is 1. The Kier molecular flexibility index (Phi) is 4.69. The van der Waals surface area contributed by atoms with Gasteiger partial charge in [0, 0.05) is 12.2 Å². The summed E-state index contributed by atoms with van der Waals surface area (Å²) < 4.78 is 5.47. The van der Waals surface area contributed by atoms with Gasteiger partial charge in [0.05, 0.1) is 12.6 Å². The van der Waals surface area contributed by atoms with Crippen molar-refractivity contribution in [2.75, 3.05) is 13.2 Å². The molecular weight excluding hydrogens is 304 g/mol. The zero-order valence-corrected chi connectivity index (χ0v) is 14.0. The molecule has 1 aromatic heterocycles. The molecular formula is C19H22N2O3. The summed E-state index contributed by atoms with van der Waals surface area (Å²) in [6.45, 7) is 5.05. The van der Waals surface area contributed by atoms with Crippen LogP contribution in [0.1, 0.15) is 47.4 Å². The zero-order chi connectivity index (χ0) is 17.1. The smallest absolute Gasteiger partial charge is 0.260 e. The number of aromatic amines is 1. The van der Waals surface area contributed by atoms with Gasteiger partial charge >= 0.3 is 0 Å². The number of hydrogen-bond acceptors (Lipinski definition) is 3. The molecule has 1 aliphatic rings. The molecule has 0 spiro atoms. The number of aryl methyl sites for hydroxylation is 1. The van der Waals surface area contributed by atoms with Crippen molar-refractivity contribution in [2.45, 2.75) is 32.7 Å². The van der Waals surface area contributed by atoms with Gasteiger partial charge in [-0.05, 0) is 56.5 Å². The van der Waals surface area contributed by atoms with Crippen molar-refractivity contribution in [1.29, 1.82) is 0 Å². The fourth-order valence-corrected chi connectivity index (χ4v) is 3.20. The molecule has 1 saturated heterocycles. The van der Waals surface area contributed by atoms with Crippen molar-refractivity contribution >= 4 is 5.91 Å². The maximum absolute atomic E-state index is 12.8. The lowest BCUT2D eigenvalue weighted by Crippen LogP contribution is -2.34. The van der Waals surface area contributed by atoms with Crippen LogP contribution in [0.5, 0.6) is 5.75 Å². The van der Waals surface area contributed by atoms with Gasteiger partial charge in [-0.2, -0.15) is 0 Å². The fourth-order valence-electron chi connectivity index (χ4n) is 3.20. The number of hydrogen-bond donors (Lipinski definition) is 1. The standard InChI is InChI=1S/C19H22N2O3/c1-3-24-15-9-7-14(8-10-15)17-5-4-12-21(17)19(23)16-11-6-13(2)20-18(16)22/h6-11,17H,3-5,12H2,1-2H3,(H,20,22)/t17-/m0/s1. The van der Waals surface area contributed by atoms with Gasteiger partial charge in [-0.25, -0.2) is 0 Å². The fraction of sp³-hybridized carbons (Fsp3) is 0.368. The molecule has 1 aliphatic heterocycles. The lowest BCUT2D eigenvalue weighted by molar-refractivity contribution is 0.0734. The molecule has 0 saturated carbocycles. The minimum absolute atomic E-state index is 0.00822. The van der Waals surface area contributed by atoms with Gasteiger partial charge in [0.2, 0.25) is 0 Å². The van der Waals surface area contributed by atoms with Crippen molar-refractivity contribution in [1.82, 2.24) is 9.88 Å². The van der Waals surface area contributed by atoms with Crippen LogP contribution in [0.4, 0.5) is 0 Å². The first kappa shape index (κ1) is 16.3. The van der Waals surface area contributed by atoms with Gasteiger partial charge < -0.3 is 14.6 Å². The molecule has 2 aromatic rings. The van der Waals surface area contributed by atoms with E-state index in [1.54, 1.807) is 24.0 Å². The third kappa shape index (κ3) is 3.20. The van der Waals surface area contributed by atoms with Crippen LogP contribution in [0.2, 0.25) is 0 Å². The van der Waals surface area contributed by atoms with E-state index in [0.717, 1.165) is 29.8 Å². The number of carbonyl (C=O) groups excluding carboxylic acids is 1. The first-order chi connectivity index (χ1) is 11.6. The molecule has 1 fully saturated rings. The Morgan fingerprint density at radius 1 is 1.25 bits per heavy atom. The van der Waals surface area contributed by atoms with Crippen molar-refractivity contribution in [3.8, 4) is 5.75 Å². The number of pyridine rings is 1. The Morgan fingerprint density at radius 3 is 2.67 bits per heavy atom. The average Bonchev–Trinajstić information content (AvgIpc) is 3.05. The van der Waals surface area contributed by atoms with E-state index >= 15 is 0 Å². The van der Waals surface area contributed by atoms with Gasteiger partial charge in [-0.3, -0.25) is 9.59 Å². The summed E-state index contributed by atoms with van der Waals surface area (Å²) in [5, 5.41) is 0. The van der Waals surface area contributed by atoms with Gasteiger partial charge in [-0.15, -0.1) is 0 Å². The minimum Gasteiger partial charge on any atom is -0.494 e. The van der Waals surface area contributed by atoms with E-state index in [9.17, 15) is 9.59 Å². The molecule has 0 radical (unpaired) electrons. The average molecular weight is 326 g/mol. The number of nitrogens with zero attached hydrogens (tertiary/aromatic N) is 1. The molecule has 1 aromatic carbocycles. The van der Waals surface area contributed by atoms with Crippen LogP contribution in [-0.4, -0.2) is 28.9 Å². The Labute approximate surface area is 141 Å². The summed E-state index contributed by atoms with van der Waals surface area (Å²) in [6, 6.07) is 11.2. The maximum Gasteiger partial charge on any atom is 0.260 e. The number of H-pyrrole nitrogens is 1. The van der Waals surface area contributed by atoms with Crippen LogP contribution < -0.4 is 10.3 Å². The van der Waals surface area contributed by atoms with E-state index in [0.29, 0.717) is 13.2 Å². The number of amides is 1. The van der Waals surface area contributed by atoms with E-state index in [1.807, 2.05) is 31.2 Å². The number of carbonyl (C=O) groups is 1. The third-order valence-electron chi connectivity index (χ3n) is 4.38. The molecule has 1 amide bonds. The molecule has 0 unspecified atom stereocenters. The van der Waals surface area contributed by atoms with Crippen LogP contribution in [0, 0.1) is 6.92 Å². The van der Waals surface area contributed by atoms with Gasteiger partial charge in [-0.1, -0.05) is 12.1 Å². The molecule has 2 heterocycles. The first-order valence-corrected chi connectivity index (χ1v) is 8.34. The Bertz CT molecular complexity index is 780. The molecule has 3 rings (SSSR count). The Hall–Kier alpha value is -2.56. The molecule has 5 heteroatoms. The summed E-state index contributed by atoms with van der Waals surface area (Å²) in [6.07, 6.45) is 1.84. The van der Waals surface area contributed by atoms with Gasteiger partial charge in [0.1, 0.15) is 11.3 Å². The van der Waals surface area contributed by atoms with E-state index in [2.05, 4.69) is 4.98 Å². The lowest BCUT2D eigenvalue weighted by Gasteiger charge is -2.25. The highest BCUT2D eigenvalue weighted by molar-refractivity contribution is 5.94. The van der Waals surface area contributed by atoms with Crippen LogP contribution >= 0.6 is 0 Å². The molecule has 1 N–H and O–H groups in total. The van der Waals surface area contributed by atoms with Crippen LogP contribution in [-0.2, 0) is 0 Å². The number of likely N-dealkylation sites (tertiary alicyclic amines) is 1. The summed E-state index contributed by atoms with van der Waals surface area (Å²) in [7, 11) is 0. The Balaban J connectivity index is 1.84. The number of aromatic nitrogens is 1. The summed E-state index contributed by atoms with van der Waals surface area (Å²) in [5.41, 5.74) is 1.71. The largest absolute Gasteiger partial charge is 0.494 e. The zero-order valence-electron chi connectivity index (χ0n) is 14.0. The van der Waals surface area contributed by atoms with Crippen molar-refractivity contribution < 1.29 is 9.53 Å². The monoisotopic (exact) mass is 326 g/mol. The van der Waals surface area contributed by atoms with Crippen LogP contribution in [0.25, 0.3) is 0 Å². The number of rotatable bonds is 4. The van der Waals surface area contributed by atoms with E-state index < -0.39 is 0 Å². The number of nitrogens with one attached hydrogen (secondary N) is 1. The first-order valence-electron chi connectivity index (χ1n) is 8.34. The highest BCUT2D eigenvalue weighted by Gasteiger charge is 2.31. The second-order valence-electron chi connectivity index (χ2n) is 6.04. The predicted molar refractivity (Wildman–Crippen MR) is 92.4 cm³/mol. The maximum atomic E-state index is 12.8. The van der Waals surface area contributed by atoms with Crippen molar-refractivity contribution in [3.63, 3.8) is 0 Å². The molecule has 1 atom stereocenters. The third-order valence-corrected chi connectivity index (χ3v) is 4.38. The molecule has 126 valence electrons. The summed E-state index contributed by atoms with van der Waals surface area (Å²) in [5.74, 6) is 0.625. The highest BCUT2D eigenvalue weighted by atomic mass is 16.5. The number of ether oxygens (including phenoxy) is 1. The van der Waals surface area contributed by atoms with E-state index in [1.165, 1.54) is 0 Å². The SMILES string of the molecule is CCOc1ccc([C@@H]2CCCN2C(=O)c2ccc(C)[nH]c2=O)cc1. The quantitative estimate of drug-likeness (QED) is 0.939. The molecule has 0 aliphatic carbocycles. The van der Waals surface area contributed by atoms with Gasteiger partial charge in [0.15, 0.2) is 0 Å². The predicted octanol–water partition coefficient (Wildman–Crippen LogP) is 3.06. The second-order valence-corrected chi connectivity index (χ2v) is 6.04. The highest BCUT2D eigenvalue weighted by Crippen LogP contribution is 2.33. The Morgan fingerprint density at radius 2 is 2.00 bits per heavy atom. The topological polar surface area (TPSA) is 62.4 Å². The van der Waals surface area contributed by atoms with E-state index in [-0.39, 0.29) is 23.1 Å². The second kappa shape index (κ2) is 6.91. The van der Waals surface area contributed by atoms with E-state index in [4.69, 9.17) is 4.74 Å². The summed E-state index contributed by atoms with van der Waals surface area (Å²) in [4.78, 5) is 29.4. The minimum atomic E-state index is -0.322. The summed E-state index contributed by atoms with van der Waals surface area (Å²) >= 11 is 0. The molecule has 24 heavy (non-hydrogen) atoms. The molecule has 0 bridgehead atoms. The van der Waals surface area contributed by atoms with Crippen molar-refractivity contribution in [2.24, 2.45) is 0 Å². The van der Waals surface area contributed by atoms with Crippen LogP contribution in [0.15, 0.2) is 41.2 Å². The lowest BCUT2D eigenvalue weighted by atomic mass is 10.0. The van der Waals surface area contributed by atoms with Gasteiger partial charge in [0.25, 0.3) is 11.5 Å². The van der Waals surface area contributed by atoms with Crippen LogP contribution in [0.3, 0.4) is 0 Å². The normalized spacial score (nSPS) is 17.1. The van der Waals surface area contributed by atoms with Crippen molar-refractivity contribution in [3.05, 3.63) is 63.6 Å².